The summed E-state index contributed by atoms with van der Waals surface area (Å²) in [5, 5.41) is 20.5. The van der Waals surface area contributed by atoms with E-state index in [9.17, 15) is 19.7 Å². The molecule has 3 aromatic carbocycles. The van der Waals surface area contributed by atoms with Crippen molar-refractivity contribution in [2.45, 2.75) is 13.1 Å². The van der Waals surface area contributed by atoms with E-state index < -0.39 is 10.8 Å². The van der Waals surface area contributed by atoms with Crippen LogP contribution in [0, 0.1) is 10.1 Å². The number of hydrogen-bond acceptors (Lipinski definition) is 6. The average Bonchev–Trinajstić information content (AvgIpc) is 3.29. The lowest BCUT2D eigenvalue weighted by atomic mass is 10.0. The van der Waals surface area contributed by atoms with Crippen molar-refractivity contribution in [2.24, 2.45) is 0 Å². The van der Waals surface area contributed by atoms with Gasteiger partial charge in [-0.1, -0.05) is 54.1 Å². The number of hydrogen-bond donors (Lipinski definition) is 1. The summed E-state index contributed by atoms with van der Waals surface area (Å²) in [5.41, 5.74) is 0.965. The minimum absolute atomic E-state index is 0.00522. The molecule has 0 saturated heterocycles. The fraction of sp³-hybridized carbons (Fsp3) is 0.120. The Hall–Kier alpha value is -4.57. The highest BCUT2D eigenvalue weighted by Crippen LogP contribution is 2.22. The third-order valence-corrected chi connectivity index (χ3v) is 6.19. The Kier molecular flexibility index (Phi) is 6.17. The Balaban J connectivity index is 1.32. The molecule has 0 unspecified atom stereocenters. The molecular weight excluding hydrogens is 484 g/mol. The van der Waals surface area contributed by atoms with E-state index in [-0.39, 0.29) is 34.9 Å². The second-order valence-corrected chi connectivity index (χ2v) is 8.51. The van der Waals surface area contributed by atoms with Gasteiger partial charge in [-0.05, 0) is 22.4 Å². The Morgan fingerprint density at radius 1 is 1.08 bits per heavy atom. The van der Waals surface area contributed by atoms with Crippen LogP contribution in [0.3, 0.4) is 0 Å². The molecule has 2 aromatic heterocycles. The SMILES string of the molecule is O=C(NCCn1ncc2c(=O)n(Cc3cccc4ccccc34)cnc21)c1cc([N+](=O)[O-])ccc1Cl. The van der Waals surface area contributed by atoms with Crippen molar-refractivity contribution < 1.29 is 9.72 Å². The van der Waals surface area contributed by atoms with Gasteiger partial charge in [-0.15, -0.1) is 0 Å². The molecule has 1 N–H and O–H groups in total. The Morgan fingerprint density at radius 3 is 2.72 bits per heavy atom. The molecule has 0 saturated carbocycles. The van der Waals surface area contributed by atoms with E-state index in [0.29, 0.717) is 17.6 Å². The first-order valence-corrected chi connectivity index (χ1v) is 11.4. The molecule has 0 spiro atoms. The monoisotopic (exact) mass is 502 g/mol. The number of nitrogens with zero attached hydrogens (tertiary/aromatic N) is 5. The van der Waals surface area contributed by atoms with Crippen molar-refractivity contribution in [2.75, 3.05) is 6.54 Å². The number of aromatic nitrogens is 4. The normalized spacial score (nSPS) is 11.1. The third kappa shape index (κ3) is 4.41. The molecule has 0 fully saturated rings. The highest BCUT2D eigenvalue weighted by atomic mass is 35.5. The number of nitrogens with one attached hydrogen (secondary N) is 1. The molecule has 0 bridgehead atoms. The van der Waals surface area contributed by atoms with Crippen LogP contribution in [-0.4, -0.2) is 36.7 Å². The van der Waals surface area contributed by atoms with Crippen molar-refractivity contribution in [1.29, 1.82) is 0 Å². The van der Waals surface area contributed by atoms with Crippen LogP contribution in [0.15, 0.2) is 78.0 Å². The van der Waals surface area contributed by atoms with Crippen LogP contribution in [-0.2, 0) is 13.1 Å². The smallest absolute Gasteiger partial charge is 0.270 e. The van der Waals surface area contributed by atoms with Crippen LogP contribution in [0.25, 0.3) is 21.8 Å². The zero-order chi connectivity index (χ0) is 25.2. The van der Waals surface area contributed by atoms with Gasteiger partial charge in [0.2, 0.25) is 0 Å². The van der Waals surface area contributed by atoms with E-state index in [1.165, 1.54) is 29.3 Å². The lowest BCUT2D eigenvalue weighted by Crippen LogP contribution is -2.28. The number of amides is 1. The van der Waals surface area contributed by atoms with Gasteiger partial charge in [-0.3, -0.25) is 24.3 Å². The molecule has 5 aromatic rings. The molecule has 36 heavy (non-hydrogen) atoms. The molecule has 2 heterocycles. The number of nitro benzene ring substituents is 1. The standard InChI is InChI=1S/C25H19ClN6O4/c26-22-9-8-18(32(35)36)12-20(22)24(33)27-10-11-31-23-21(13-29-31)25(34)30(15-28-23)14-17-6-3-5-16-4-1-2-7-19(16)17/h1-9,12-13,15H,10-11,14H2,(H,27,33). The van der Waals surface area contributed by atoms with E-state index in [0.717, 1.165) is 22.4 Å². The maximum absolute atomic E-state index is 13.1. The topological polar surface area (TPSA) is 125 Å². The van der Waals surface area contributed by atoms with E-state index >= 15 is 0 Å². The summed E-state index contributed by atoms with van der Waals surface area (Å²) in [6.07, 6.45) is 2.95. The number of nitro groups is 1. The molecule has 180 valence electrons. The van der Waals surface area contributed by atoms with E-state index in [4.69, 9.17) is 11.6 Å². The molecular formula is C25H19ClN6O4. The van der Waals surface area contributed by atoms with E-state index in [2.05, 4.69) is 15.4 Å². The highest BCUT2D eigenvalue weighted by molar-refractivity contribution is 6.33. The lowest BCUT2D eigenvalue weighted by molar-refractivity contribution is -0.384. The predicted octanol–water partition coefficient (Wildman–Crippen LogP) is 3.79. The first-order chi connectivity index (χ1) is 17.4. The second kappa shape index (κ2) is 9.59. The van der Waals surface area contributed by atoms with Gasteiger partial charge in [0.05, 0.1) is 34.8 Å². The minimum Gasteiger partial charge on any atom is -0.350 e. The van der Waals surface area contributed by atoms with Gasteiger partial charge in [0, 0.05) is 18.7 Å². The molecule has 0 aliphatic carbocycles. The Bertz CT molecular complexity index is 1690. The number of fused-ring (bicyclic) bond motifs is 2. The van der Waals surface area contributed by atoms with Gasteiger partial charge in [0.15, 0.2) is 5.65 Å². The van der Waals surface area contributed by atoms with Gasteiger partial charge < -0.3 is 5.32 Å². The largest absolute Gasteiger partial charge is 0.350 e. The summed E-state index contributed by atoms with van der Waals surface area (Å²) in [7, 11) is 0. The summed E-state index contributed by atoms with van der Waals surface area (Å²) in [6, 6.07) is 17.6. The molecule has 0 radical (unpaired) electrons. The van der Waals surface area contributed by atoms with Crippen LogP contribution in [0.4, 0.5) is 5.69 Å². The van der Waals surface area contributed by atoms with Gasteiger partial charge >= 0.3 is 0 Å². The Labute approximate surface area is 208 Å². The van der Waals surface area contributed by atoms with Gasteiger partial charge in [0.25, 0.3) is 17.2 Å². The molecule has 10 nitrogen and oxygen atoms in total. The number of benzene rings is 3. The molecule has 0 aliphatic heterocycles. The van der Waals surface area contributed by atoms with Crippen LogP contribution in [0.5, 0.6) is 0 Å². The number of halogens is 1. The summed E-state index contributed by atoms with van der Waals surface area (Å²) in [4.78, 5) is 40.4. The first-order valence-electron chi connectivity index (χ1n) is 11.0. The van der Waals surface area contributed by atoms with Crippen molar-refractivity contribution in [3.05, 3.63) is 110 Å². The minimum atomic E-state index is -0.596. The number of non-ortho nitro benzene ring substituents is 1. The van der Waals surface area contributed by atoms with Crippen LogP contribution < -0.4 is 10.9 Å². The Morgan fingerprint density at radius 2 is 1.89 bits per heavy atom. The summed E-state index contributed by atoms with van der Waals surface area (Å²) in [6.45, 7) is 0.755. The molecule has 0 aliphatic rings. The van der Waals surface area contributed by atoms with Gasteiger partial charge in [-0.2, -0.15) is 5.10 Å². The number of carbonyl (C=O) groups is 1. The van der Waals surface area contributed by atoms with Crippen LogP contribution in [0.1, 0.15) is 15.9 Å². The molecule has 5 rings (SSSR count). The van der Waals surface area contributed by atoms with Crippen LogP contribution in [0.2, 0.25) is 5.02 Å². The fourth-order valence-corrected chi connectivity index (χ4v) is 4.26. The second-order valence-electron chi connectivity index (χ2n) is 8.10. The predicted molar refractivity (Wildman–Crippen MR) is 135 cm³/mol. The number of rotatable bonds is 7. The average molecular weight is 503 g/mol. The molecule has 11 heteroatoms. The maximum atomic E-state index is 13.1. The lowest BCUT2D eigenvalue weighted by Gasteiger charge is -2.10. The number of carbonyl (C=O) groups excluding carboxylic acids is 1. The quantitative estimate of drug-likeness (QED) is 0.266. The third-order valence-electron chi connectivity index (χ3n) is 5.86. The van der Waals surface area contributed by atoms with Crippen molar-refractivity contribution in [1.82, 2.24) is 24.6 Å². The van der Waals surface area contributed by atoms with Crippen LogP contribution >= 0.6 is 11.6 Å². The highest BCUT2D eigenvalue weighted by Gasteiger charge is 2.16. The van der Waals surface area contributed by atoms with Gasteiger partial charge in [-0.25, -0.2) is 9.67 Å². The van der Waals surface area contributed by atoms with Gasteiger partial charge in [0.1, 0.15) is 11.7 Å². The van der Waals surface area contributed by atoms with E-state index in [1.54, 1.807) is 4.57 Å². The van der Waals surface area contributed by atoms with Crippen molar-refractivity contribution >= 4 is 45.0 Å². The summed E-state index contributed by atoms with van der Waals surface area (Å²) >= 11 is 6.03. The van der Waals surface area contributed by atoms with Crippen molar-refractivity contribution in [3.63, 3.8) is 0 Å². The zero-order valence-corrected chi connectivity index (χ0v) is 19.6. The summed E-state index contributed by atoms with van der Waals surface area (Å²) < 4.78 is 3.07. The van der Waals surface area contributed by atoms with Crippen molar-refractivity contribution in [3.8, 4) is 0 Å². The fourth-order valence-electron chi connectivity index (χ4n) is 4.06. The molecule has 0 atom stereocenters. The van der Waals surface area contributed by atoms with E-state index in [1.807, 2.05) is 42.5 Å². The molecule has 1 amide bonds. The maximum Gasteiger partial charge on any atom is 0.270 e. The first kappa shape index (κ1) is 23.2. The zero-order valence-electron chi connectivity index (χ0n) is 18.8. The summed E-state index contributed by atoms with van der Waals surface area (Å²) in [5.74, 6) is -0.550.